The van der Waals surface area contributed by atoms with Gasteiger partial charge in [-0.3, -0.25) is 4.21 Å². The number of aryl methyl sites for hydroxylation is 1. The molecular formula is C10H16N4OS. The molecule has 2 heterocycles. The van der Waals surface area contributed by atoms with Crippen molar-refractivity contribution < 1.29 is 4.21 Å². The zero-order valence-electron chi connectivity index (χ0n) is 9.35. The van der Waals surface area contributed by atoms with Gasteiger partial charge in [-0.15, -0.1) is 0 Å². The molecule has 2 N–H and O–H groups in total. The van der Waals surface area contributed by atoms with E-state index in [9.17, 15) is 4.21 Å². The maximum atomic E-state index is 11.3. The Balaban J connectivity index is 2.19. The Hall–Kier alpha value is -1.17. The first-order valence-electron chi connectivity index (χ1n) is 5.42. The molecule has 0 aromatic carbocycles. The monoisotopic (exact) mass is 240 g/mol. The number of rotatable bonds is 2. The zero-order chi connectivity index (χ0) is 11.5. The van der Waals surface area contributed by atoms with E-state index in [1.807, 2.05) is 6.92 Å². The summed E-state index contributed by atoms with van der Waals surface area (Å²) in [5, 5.41) is 0. The molecule has 0 atom stereocenters. The number of nitrogen functional groups attached to an aromatic ring is 1. The predicted molar refractivity (Wildman–Crippen MR) is 65.9 cm³/mol. The van der Waals surface area contributed by atoms with E-state index in [1.165, 1.54) is 0 Å². The number of hydrogen-bond acceptors (Lipinski definition) is 5. The maximum Gasteiger partial charge on any atom is 0.134 e. The summed E-state index contributed by atoms with van der Waals surface area (Å²) in [6.07, 6.45) is 0.776. The first-order valence-corrected chi connectivity index (χ1v) is 6.91. The average Bonchev–Trinajstić information content (AvgIpc) is 2.29. The fourth-order valence-electron chi connectivity index (χ4n) is 1.69. The van der Waals surface area contributed by atoms with Gasteiger partial charge in [0, 0.05) is 47.9 Å². The molecule has 1 aromatic heterocycles. The first kappa shape index (κ1) is 11.3. The smallest absolute Gasteiger partial charge is 0.134 e. The van der Waals surface area contributed by atoms with Crippen LogP contribution in [0.3, 0.4) is 0 Å². The molecule has 0 radical (unpaired) electrons. The summed E-state index contributed by atoms with van der Waals surface area (Å²) in [6.45, 7) is 3.57. The molecule has 1 aliphatic rings. The van der Waals surface area contributed by atoms with Gasteiger partial charge in [-0.1, -0.05) is 6.92 Å². The topological polar surface area (TPSA) is 72.1 Å². The summed E-state index contributed by atoms with van der Waals surface area (Å²) in [4.78, 5) is 10.7. The summed E-state index contributed by atoms with van der Waals surface area (Å²) in [5.74, 6) is 3.56. The Bertz CT molecular complexity index is 400. The van der Waals surface area contributed by atoms with Gasteiger partial charge in [0.05, 0.1) is 0 Å². The van der Waals surface area contributed by atoms with Crippen LogP contribution in [0.2, 0.25) is 0 Å². The lowest BCUT2D eigenvalue weighted by Gasteiger charge is -2.27. The Kier molecular flexibility index (Phi) is 3.38. The lowest BCUT2D eigenvalue weighted by Crippen LogP contribution is -2.38. The molecule has 16 heavy (non-hydrogen) atoms. The second kappa shape index (κ2) is 4.78. The molecule has 0 spiro atoms. The van der Waals surface area contributed by atoms with Crippen LogP contribution in [0.15, 0.2) is 6.07 Å². The van der Waals surface area contributed by atoms with Crippen LogP contribution in [0.5, 0.6) is 0 Å². The fraction of sp³-hybridized carbons (Fsp3) is 0.600. The number of hydrogen-bond donors (Lipinski definition) is 1. The molecule has 0 saturated carbocycles. The predicted octanol–water partition coefficient (Wildman–Crippen LogP) is 0.190. The van der Waals surface area contributed by atoms with Crippen molar-refractivity contribution in [1.29, 1.82) is 0 Å². The van der Waals surface area contributed by atoms with E-state index in [-0.39, 0.29) is 0 Å². The highest BCUT2D eigenvalue weighted by molar-refractivity contribution is 7.85. The zero-order valence-corrected chi connectivity index (χ0v) is 10.2. The van der Waals surface area contributed by atoms with Gasteiger partial charge in [0.1, 0.15) is 17.5 Å². The molecule has 0 amide bonds. The fourth-order valence-corrected chi connectivity index (χ4v) is 2.74. The lowest BCUT2D eigenvalue weighted by molar-refractivity contribution is 0.672. The van der Waals surface area contributed by atoms with Gasteiger partial charge in [-0.25, -0.2) is 9.97 Å². The minimum atomic E-state index is -0.663. The van der Waals surface area contributed by atoms with Crippen LogP contribution >= 0.6 is 0 Å². The van der Waals surface area contributed by atoms with Gasteiger partial charge in [0.2, 0.25) is 0 Å². The van der Waals surface area contributed by atoms with E-state index in [0.29, 0.717) is 17.3 Å². The standard InChI is InChI=1S/C10H16N4OS/c1-2-9-12-8(11)7-10(13-9)14-3-5-16(15)6-4-14/h7H,2-6H2,1H3,(H2,11,12,13). The third-order valence-corrected chi connectivity index (χ3v) is 3.87. The summed E-state index contributed by atoms with van der Waals surface area (Å²) in [7, 11) is -0.663. The molecule has 1 aromatic rings. The van der Waals surface area contributed by atoms with Crippen molar-refractivity contribution in [1.82, 2.24) is 9.97 Å². The molecule has 88 valence electrons. The molecule has 1 fully saturated rings. The molecule has 6 heteroatoms. The van der Waals surface area contributed by atoms with Crippen LogP contribution in [0.1, 0.15) is 12.7 Å². The van der Waals surface area contributed by atoms with Gasteiger partial charge >= 0.3 is 0 Å². The highest BCUT2D eigenvalue weighted by Gasteiger charge is 2.17. The van der Waals surface area contributed by atoms with E-state index >= 15 is 0 Å². The van der Waals surface area contributed by atoms with Crippen LogP contribution in [-0.4, -0.2) is 38.8 Å². The lowest BCUT2D eigenvalue weighted by atomic mass is 10.4. The van der Waals surface area contributed by atoms with Gasteiger partial charge in [0.25, 0.3) is 0 Å². The van der Waals surface area contributed by atoms with Crippen LogP contribution in [0, 0.1) is 0 Å². The molecule has 0 aliphatic carbocycles. The Morgan fingerprint density at radius 3 is 2.75 bits per heavy atom. The van der Waals surface area contributed by atoms with Gasteiger partial charge in [-0.2, -0.15) is 0 Å². The maximum absolute atomic E-state index is 11.3. The first-order chi connectivity index (χ1) is 7.69. The van der Waals surface area contributed by atoms with Crippen LogP contribution in [-0.2, 0) is 17.2 Å². The number of nitrogens with zero attached hydrogens (tertiary/aromatic N) is 3. The Morgan fingerprint density at radius 2 is 2.12 bits per heavy atom. The second-order valence-electron chi connectivity index (χ2n) is 3.76. The molecule has 0 unspecified atom stereocenters. The average molecular weight is 240 g/mol. The van der Waals surface area contributed by atoms with Gasteiger partial charge < -0.3 is 10.6 Å². The molecule has 1 aliphatic heterocycles. The quantitative estimate of drug-likeness (QED) is 0.799. The SMILES string of the molecule is CCc1nc(N)cc(N2CCS(=O)CC2)n1. The van der Waals surface area contributed by atoms with Crippen molar-refractivity contribution >= 4 is 22.4 Å². The molecule has 5 nitrogen and oxygen atoms in total. The Labute approximate surface area is 97.5 Å². The number of nitrogens with two attached hydrogens (primary N) is 1. The van der Waals surface area contributed by atoms with Crippen LogP contribution in [0.25, 0.3) is 0 Å². The molecular weight excluding hydrogens is 224 g/mol. The highest BCUT2D eigenvalue weighted by atomic mass is 32.2. The van der Waals surface area contributed by atoms with Crippen molar-refractivity contribution in [2.24, 2.45) is 0 Å². The van der Waals surface area contributed by atoms with E-state index < -0.39 is 10.8 Å². The van der Waals surface area contributed by atoms with Gasteiger partial charge in [-0.05, 0) is 0 Å². The second-order valence-corrected chi connectivity index (χ2v) is 5.45. The van der Waals surface area contributed by atoms with E-state index in [1.54, 1.807) is 6.07 Å². The van der Waals surface area contributed by atoms with Gasteiger partial charge in [0.15, 0.2) is 0 Å². The molecule has 1 saturated heterocycles. The van der Waals surface area contributed by atoms with Crippen molar-refractivity contribution in [2.45, 2.75) is 13.3 Å². The van der Waals surface area contributed by atoms with E-state index in [2.05, 4.69) is 14.9 Å². The van der Waals surface area contributed by atoms with Crippen molar-refractivity contribution in [2.75, 3.05) is 35.2 Å². The molecule has 2 rings (SSSR count). The summed E-state index contributed by atoms with van der Waals surface area (Å²) >= 11 is 0. The number of aromatic nitrogens is 2. The molecule has 0 bridgehead atoms. The largest absolute Gasteiger partial charge is 0.384 e. The number of anilines is 2. The van der Waals surface area contributed by atoms with Crippen LogP contribution in [0.4, 0.5) is 11.6 Å². The van der Waals surface area contributed by atoms with E-state index in [0.717, 1.165) is 31.2 Å². The third-order valence-electron chi connectivity index (χ3n) is 2.60. The van der Waals surface area contributed by atoms with E-state index in [4.69, 9.17) is 5.73 Å². The highest BCUT2D eigenvalue weighted by Crippen LogP contribution is 2.16. The summed E-state index contributed by atoms with van der Waals surface area (Å²) < 4.78 is 11.3. The van der Waals surface area contributed by atoms with Crippen molar-refractivity contribution in [3.63, 3.8) is 0 Å². The summed E-state index contributed by atoms with van der Waals surface area (Å²) in [5.41, 5.74) is 5.73. The van der Waals surface area contributed by atoms with Crippen molar-refractivity contribution in [3.8, 4) is 0 Å². The third kappa shape index (κ3) is 2.49. The van der Waals surface area contributed by atoms with Crippen molar-refractivity contribution in [3.05, 3.63) is 11.9 Å². The Morgan fingerprint density at radius 1 is 1.44 bits per heavy atom. The minimum Gasteiger partial charge on any atom is -0.384 e. The van der Waals surface area contributed by atoms with Crippen LogP contribution < -0.4 is 10.6 Å². The minimum absolute atomic E-state index is 0.508. The normalized spacial score (nSPS) is 17.7. The summed E-state index contributed by atoms with van der Waals surface area (Å²) in [6, 6.07) is 1.79.